The number of nitrogens with zero attached hydrogens (tertiary/aromatic N) is 1. The smallest absolute Gasteiger partial charge is 0.121 e. The lowest BCUT2D eigenvalue weighted by atomic mass is 10.0. The molecule has 0 bridgehead atoms. The van der Waals surface area contributed by atoms with Crippen LogP contribution in [0.1, 0.15) is 20.3 Å². The number of carbonyl (C=O) groups excluding carboxylic acids is 1. The molecule has 0 atom stereocenters. The monoisotopic (exact) mass is 171 g/mol. The Balaban J connectivity index is 2.42. The van der Waals surface area contributed by atoms with Gasteiger partial charge in [-0.2, -0.15) is 0 Å². The van der Waals surface area contributed by atoms with Crippen LogP contribution in [0.5, 0.6) is 0 Å². The van der Waals surface area contributed by atoms with Crippen molar-refractivity contribution in [2.24, 2.45) is 0 Å². The van der Waals surface area contributed by atoms with Gasteiger partial charge in [0.15, 0.2) is 0 Å². The first kappa shape index (κ1) is 9.68. The highest BCUT2D eigenvalue weighted by Crippen LogP contribution is 2.18. The Morgan fingerprint density at radius 3 is 2.92 bits per heavy atom. The molecule has 0 saturated carbocycles. The summed E-state index contributed by atoms with van der Waals surface area (Å²) in [6.45, 7) is 7.67. The lowest BCUT2D eigenvalue weighted by Crippen LogP contribution is -2.53. The van der Waals surface area contributed by atoms with Crippen LogP contribution in [-0.4, -0.2) is 43.0 Å². The molecule has 0 radical (unpaired) electrons. The number of morpholine rings is 1. The van der Waals surface area contributed by atoms with Crippen molar-refractivity contribution in [3.05, 3.63) is 0 Å². The van der Waals surface area contributed by atoms with Crippen molar-refractivity contribution in [1.82, 2.24) is 4.90 Å². The van der Waals surface area contributed by atoms with Gasteiger partial charge in [-0.05, 0) is 13.8 Å². The molecule has 0 aromatic carbocycles. The SMILES string of the molecule is CC1(C)COCCN1CCC=O. The number of ether oxygens (including phenoxy) is 1. The minimum absolute atomic E-state index is 0.0985. The van der Waals surface area contributed by atoms with Crippen LogP contribution < -0.4 is 0 Å². The fourth-order valence-electron chi connectivity index (χ4n) is 1.51. The van der Waals surface area contributed by atoms with Gasteiger partial charge in [0.1, 0.15) is 6.29 Å². The maximum atomic E-state index is 10.2. The van der Waals surface area contributed by atoms with Crippen LogP contribution in [-0.2, 0) is 9.53 Å². The summed E-state index contributed by atoms with van der Waals surface area (Å²) in [7, 11) is 0. The molecular weight excluding hydrogens is 154 g/mol. The first-order valence-electron chi connectivity index (χ1n) is 4.43. The Bertz CT molecular complexity index is 157. The molecule has 12 heavy (non-hydrogen) atoms. The van der Waals surface area contributed by atoms with Crippen LogP contribution >= 0.6 is 0 Å². The van der Waals surface area contributed by atoms with Gasteiger partial charge in [-0.25, -0.2) is 0 Å². The molecule has 3 heteroatoms. The number of carbonyl (C=O) groups is 1. The molecule has 0 aliphatic carbocycles. The Hall–Kier alpha value is -0.410. The summed E-state index contributed by atoms with van der Waals surface area (Å²) >= 11 is 0. The van der Waals surface area contributed by atoms with E-state index < -0.39 is 0 Å². The van der Waals surface area contributed by atoms with Gasteiger partial charge < -0.3 is 9.53 Å². The molecule has 0 unspecified atom stereocenters. The molecule has 70 valence electrons. The first-order valence-corrected chi connectivity index (χ1v) is 4.43. The quantitative estimate of drug-likeness (QED) is 0.585. The van der Waals surface area contributed by atoms with Crippen molar-refractivity contribution in [1.29, 1.82) is 0 Å². The van der Waals surface area contributed by atoms with Crippen LogP contribution in [0.25, 0.3) is 0 Å². The summed E-state index contributed by atoms with van der Waals surface area (Å²) in [5, 5.41) is 0. The maximum absolute atomic E-state index is 10.2. The van der Waals surface area contributed by atoms with Gasteiger partial charge in [0.25, 0.3) is 0 Å². The molecule has 1 fully saturated rings. The molecule has 0 amide bonds. The van der Waals surface area contributed by atoms with Crippen molar-refractivity contribution in [2.75, 3.05) is 26.3 Å². The zero-order chi connectivity index (χ0) is 9.03. The molecule has 3 nitrogen and oxygen atoms in total. The van der Waals surface area contributed by atoms with Crippen molar-refractivity contribution in [2.45, 2.75) is 25.8 Å². The van der Waals surface area contributed by atoms with Crippen molar-refractivity contribution < 1.29 is 9.53 Å². The third-order valence-corrected chi connectivity index (χ3v) is 2.33. The minimum atomic E-state index is 0.0985. The summed E-state index contributed by atoms with van der Waals surface area (Å²) in [4.78, 5) is 12.5. The van der Waals surface area contributed by atoms with Gasteiger partial charge in [0.05, 0.1) is 13.2 Å². The van der Waals surface area contributed by atoms with Crippen molar-refractivity contribution in [3.8, 4) is 0 Å². The van der Waals surface area contributed by atoms with Gasteiger partial charge >= 0.3 is 0 Å². The highest BCUT2D eigenvalue weighted by atomic mass is 16.5. The number of hydrogen-bond acceptors (Lipinski definition) is 3. The average Bonchev–Trinajstić information content (AvgIpc) is 2.02. The Morgan fingerprint density at radius 1 is 1.58 bits per heavy atom. The number of aldehydes is 1. The van der Waals surface area contributed by atoms with E-state index in [1.165, 1.54) is 0 Å². The third-order valence-electron chi connectivity index (χ3n) is 2.33. The molecule has 0 aromatic heterocycles. The third kappa shape index (κ3) is 2.29. The van der Waals surface area contributed by atoms with E-state index in [4.69, 9.17) is 4.74 Å². The molecule has 1 aliphatic rings. The summed E-state index contributed by atoms with van der Waals surface area (Å²) in [5.74, 6) is 0. The zero-order valence-electron chi connectivity index (χ0n) is 7.88. The second kappa shape index (κ2) is 4.01. The Labute approximate surface area is 73.7 Å². The lowest BCUT2D eigenvalue weighted by molar-refractivity contribution is -0.109. The average molecular weight is 171 g/mol. The highest BCUT2D eigenvalue weighted by Gasteiger charge is 2.29. The van der Waals surface area contributed by atoms with E-state index in [-0.39, 0.29) is 5.54 Å². The second-order valence-electron chi connectivity index (χ2n) is 3.81. The predicted molar refractivity (Wildman–Crippen MR) is 47.2 cm³/mol. The van der Waals surface area contributed by atoms with Crippen LogP contribution in [0, 0.1) is 0 Å². The van der Waals surface area contributed by atoms with Crippen LogP contribution in [0.3, 0.4) is 0 Å². The van der Waals surface area contributed by atoms with Crippen LogP contribution in [0.4, 0.5) is 0 Å². The minimum Gasteiger partial charge on any atom is -0.378 e. The highest BCUT2D eigenvalue weighted by molar-refractivity contribution is 5.49. The molecule has 0 N–H and O–H groups in total. The number of rotatable bonds is 3. The molecule has 1 aliphatic heterocycles. The van der Waals surface area contributed by atoms with E-state index in [1.807, 2.05) is 0 Å². The molecule has 1 rings (SSSR count). The molecule has 1 heterocycles. The van der Waals surface area contributed by atoms with Gasteiger partial charge in [0, 0.05) is 25.0 Å². The molecular formula is C9H17NO2. The fourth-order valence-corrected chi connectivity index (χ4v) is 1.51. The fraction of sp³-hybridized carbons (Fsp3) is 0.889. The normalized spacial score (nSPS) is 23.8. The topological polar surface area (TPSA) is 29.5 Å². The summed E-state index contributed by atoms with van der Waals surface area (Å²) in [5.41, 5.74) is 0.0985. The largest absolute Gasteiger partial charge is 0.378 e. The maximum Gasteiger partial charge on any atom is 0.121 e. The van der Waals surface area contributed by atoms with E-state index in [0.717, 1.165) is 32.6 Å². The molecule has 0 aromatic rings. The first-order chi connectivity index (χ1) is 5.67. The van der Waals surface area contributed by atoms with Crippen molar-refractivity contribution >= 4 is 6.29 Å². The van der Waals surface area contributed by atoms with E-state index >= 15 is 0 Å². The van der Waals surface area contributed by atoms with E-state index in [1.54, 1.807) is 0 Å². The van der Waals surface area contributed by atoms with E-state index in [2.05, 4.69) is 18.7 Å². The molecule has 0 spiro atoms. The Morgan fingerprint density at radius 2 is 2.33 bits per heavy atom. The summed E-state index contributed by atoms with van der Waals surface area (Å²) < 4.78 is 5.36. The van der Waals surface area contributed by atoms with E-state index in [0.29, 0.717) is 6.42 Å². The van der Waals surface area contributed by atoms with Gasteiger partial charge in [0.2, 0.25) is 0 Å². The van der Waals surface area contributed by atoms with Crippen LogP contribution in [0.15, 0.2) is 0 Å². The zero-order valence-corrected chi connectivity index (χ0v) is 7.88. The van der Waals surface area contributed by atoms with Crippen molar-refractivity contribution in [3.63, 3.8) is 0 Å². The van der Waals surface area contributed by atoms with Gasteiger partial charge in [-0.1, -0.05) is 0 Å². The van der Waals surface area contributed by atoms with E-state index in [9.17, 15) is 4.79 Å². The lowest BCUT2D eigenvalue weighted by Gasteiger charge is -2.41. The second-order valence-corrected chi connectivity index (χ2v) is 3.81. The van der Waals surface area contributed by atoms with Gasteiger partial charge in [-0.15, -0.1) is 0 Å². The Kier molecular flexibility index (Phi) is 3.23. The van der Waals surface area contributed by atoms with Gasteiger partial charge in [-0.3, -0.25) is 4.90 Å². The van der Waals surface area contributed by atoms with Crippen LogP contribution in [0.2, 0.25) is 0 Å². The summed E-state index contributed by atoms with van der Waals surface area (Å²) in [6.07, 6.45) is 1.61. The number of hydrogen-bond donors (Lipinski definition) is 0. The standard InChI is InChI=1S/C9H17NO2/c1-9(2)8-12-7-5-10(9)4-3-6-11/h6H,3-5,7-8H2,1-2H3. The summed E-state index contributed by atoms with van der Waals surface area (Å²) in [6, 6.07) is 0. The predicted octanol–water partition coefficient (Wildman–Crippen LogP) is 0.686. The molecule has 1 saturated heterocycles.